The Morgan fingerprint density at radius 1 is 0.300 bits per heavy atom. The minimum Gasteiger partial charge on any atom is -0.456 e. The van der Waals surface area contributed by atoms with E-state index in [0.717, 1.165) is 65.8 Å². The molecule has 0 fully saturated rings. The predicted molar refractivity (Wildman–Crippen MR) is 210 cm³/mol. The zero-order valence-electron chi connectivity index (χ0n) is 27.0. The maximum Gasteiger partial charge on any atom is 0.143 e. The van der Waals surface area contributed by atoms with Gasteiger partial charge in [-0.15, -0.1) is 0 Å². The lowest BCUT2D eigenvalue weighted by molar-refractivity contribution is 0.669. The number of hydrogen-bond donors (Lipinski definition) is 0. The van der Waals surface area contributed by atoms with Crippen LogP contribution in [0.5, 0.6) is 0 Å². The molecule has 11 rings (SSSR count). The van der Waals surface area contributed by atoms with Gasteiger partial charge in [0.2, 0.25) is 0 Å². The highest BCUT2D eigenvalue weighted by molar-refractivity contribution is 6.34. The molecule has 2 nitrogen and oxygen atoms in total. The molecule has 0 radical (unpaired) electrons. The molecule has 11 aromatic rings. The first-order valence-electron chi connectivity index (χ1n) is 17.1. The second kappa shape index (κ2) is 10.4. The largest absolute Gasteiger partial charge is 0.456 e. The van der Waals surface area contributed by atoms with E-state index in [-0.39, 0.29) is 0 Å². The first-order chi connectivity index (χ1) is 24.8. The van der Waals surface area contributed by atoms with Gasteiger partial charge in [-0.1, -0.05) is 140 Å². The van der Waals surface area contributed by atoms with E-state index in [2.05, 4.69) is 164 Å². The van der Waals surface area contributed by atoms with Gasteiger partial charge in [0.05, 0.1) is 0 Å². The van der Waals surface area contributed by atoms with E-state index in [0.29, 0.717) is 0 Å². The standard InChI is InChI=1S/C48H28O2/c1-3-13-29(14-4-1)31-23-25-41-38(27-31)47-44-32(24-26-42-46(44)37-21-11-12-22-40(37)49-42)28-39(48(47)50-41)45-35-19-9-7-17-33(35)43(30-15-5-2-6-16-30)34-18-8-10-20-36(34)45/h1-28H. The minimum absolute atomic E-state index is 0.868. The molecule has 0 aliphatic rings. The van der Waals surface area contributed by atoms with Crippen LogP contribution in [-0.4, -0.2) is 0 Å². The van der Waals surface area contributed by atoms with Crippen molar-refractivity contribution in [2.75, 3.05) is 0 Å². The summed E-state index contributed by atoms with van der Waals surface area (Å²) in [6, 6.07) is 60.6. The Kier molecular flexibility index (Phi) is 5.70. The van der Waals surface area contributed by atoms with Gasteiger partial charge in [0.25, 0.3) is 0 Å². The molecule has 0 bridgehead atoms. The number of fused-ring (bicyclic) bond motifs is 11. The molecule has 0 unspecified atom stereocenters. The van der Waals surface area contributed by atoms with Gasteiger partial charge in [-0.05, 0) is 79.5 Å². The fourth-order valence-electron chi connectivity index (χ4n) is 8.31. The zero-order valence-corrected chi connectivity index (χ0v) is 27.0. The lowest BCUT2D eigenvalue weighted by Crippen LogP contribution is -1.91. The maximum atomic E-state index is 7.06. The summed E-state index contributed by atoms with van der Waals surface area (Å²) in [7, 11) is 0. The summed E-state index contributed by atoms with van der Waals surface area (Å²) >= 11 is 0. The third kappa shape index (κ3) is 3.85. The number of furan rings is 2. The highest BCUT2D eigenvalue weighted by atomic mass is 16.3. The van der Waals surface area contributed by atoms with Gasteiger partial charge in [-0.2, -0.15) is 0 Å². The van der Waals surface area contributed by atoms with Crippen molar-refractivity contribution in [2.45, 2.75) is 0 Å². The number of rotatable bonds is 3. The monoisotopic (exact) mass is 636 g/mol. The Morgan fingerprint density at radius 3 is 1.56 bits per heavy atom. The number of para-hydroxylation sites is 1. The molecule has 0 atom stereocenters. The van der Waals surface area contributed by atoms with E-state index < -0.39 is 0 Å². The topological polar surface area (TPSA) is 26.3 Å². The third-order valence-corrected chi connectivity index (χ3v) is 10.4. The normalized spacial score (nSPS) is 12.0. The van der Waals surface area contributed by atoms with Crippen molar-refractivity contribution in [1.29, 1.82) is 0 Å². The van der Waals surface area contributed by atoms with E-state index in [9.17, 15) is 0 Å². The Morgan fingerprint density at radius 2 is 0.860 bits per heavy atom. The summed E-state index contributed by atoms with van der Waals surface area (Å²) in [5, 5.41) is 11.6. The Balaban J connectivity index is 1.35. The molecule has 0 saturated heterocycles. The number of hydrogen-bond acceptors (Lipinski definition) is 2. The van der Waals surface area contributed by atoms with Crippen LogP contribution in [0, 0.1) is 0 Å². The van der Waals surface area contributed by atoms with Crippen LogP contribution in [0.15, 0.2) is 179 Å². The Hall–Kier alpha value is -6.64. The summed E-state index contributed by atoms with van der Waals surface area (Å²) in [5.74, 6) is 0. The van der Waals surface area contributed by atoms with Crippen molar-refractivity contribution in [3.63, 3.8) is 0 Å². The lowest BCUT2D eigenvalue weighted by atomic mass is 9.84. The van der Waals surface area contributed by atoms with Gasteiger partial charge in [-0.3, -0.25) is 0 Å². The SMILES string of the molecule is c1ccc(-c2ccc3oc4c(-c5c6ccccc6c(-c6ccccc6)c6ccccc56)cc5ccc6oc7ccccc7c6c5c4c3c2)cc1. The average Bonchev–Trinajstić information content (AvgIpc) is 3.76. The molecule has 0 N–H and O–H groups in total. The van der Waals surface area contributed by atoms with Crippen LogP contribution in [0.3, 0.4) is 0 Å². The van der Waals surface area contributed by atoms with Crippen molar-refractivity contribution in [2.24, 2.45) is 0 Å². The summed E-state index contributed by atoms with van der Waals surface area (Å²) < 4.78 is 13.5. The Bertz CT molecular complexity index is 3070. The quantitative estimate of drug-likeness (QED) is 0.180. The first kappa shape index (κ1) is 27.3. The van der Waals surface area contributed by atoms with Crippen molar-refractivity contribution >= 4 is 76.2 Å². The molecule has 2 heteroatoms. The van der Waals surface area contributed by atoms with Crippen LogP contribution >= 0.6 is 0 Å². The number of benzene rings is 9. The minimum atomic E-state index is 0.868. The van der Waals surface area contributed by atoms with Crippen molar-refractivity contribution < 1.29 is 8.83 Å². The molecule has 0 saturated carbocycles. The zero-order chi connectivity index (χ0) is 32.8. The highest BCUT2D eigenvalue weighted by Crippen LogP contribution is 2.50. The average molecular weight is 637 g/mol. The summed E-state index contributed by atoms with van der Waals surface area (Å²) in [6.45, 7) is 0. The second-order valence-electron chi connectivity index (χ2n) is 13.1. The van der Waals surface area contributed by atoms with Crippen LogP contribution in [-0.2, 0) is 0 Å². The van der Waals surface area contributed by atoms with E-state index in [4.69, 9.17) is 8.83 Å². The van der Waals surface area contributed by atoms with Crippen molar-refractivity contribution in [1.82, 2.24) is 0 Å². The smallest absolute Gasteiger partial charge is 0.143 e. The lowest BCUT2D eigenvalue weighted by Gasteiger charge is -2.18. The van der Waals surface area contributed by atoms with Crippen molar-refractivity contribution in [3.8, 4) is 33.4 Å². The second-order valence-corrected chi connectivity index (χ2v) is 13.1. The maximum absolute atomic E-state index is 7.06. The van der Waals surface area contributed by atoms with Crippen LogP contribution in [0.25, 0.3) is 110 Å². The molecule has 9 aromatic carbocycles. The summed E-state index contributed by atoms with van der Waals surface area (Å²) in [4.78, 5) is 0. The molecule has 0 spiro atoms. The van der Waals surface area contributed by atoms with Crippen LogP contribution in [0.1, 0.15) is 0 Å². The first-order valence-corrected chi connectivity index (χ1v) is 17.1. The van der Waals surface area contributed by atoms with Gasteiger partial charge in [0, 0.05) is 38.1 Å². The van der Waals surface area contributed by atoms with E-state index >= 15 is 0 Å². The molecule has 0 aliphatic carbocycles. The van der Waals surface area contributed by atoms with E-state index in [1.54, 1.807) is 0 Å². The van der Waals surface area contributed by atoms with Crippen LogP contribution in [0.4, 0.5) is 0 Å². The van der Waals surface area contributed by atoms with Gasteiger partial charge >= 0.3 is 0 Å². The highest BCUT2D eigenvalue weighted by Gasteiger charge is 2.24. The molecule has 0 aliphatic heterocycles. The summed E-state index contributed by atoms with van der Waals surface area (Å²) in [5.41, 5.74) is 10.6. The van der Waals surface area contributed by atoms with Gasteiger partial charge in [-0.25, -0.2) is 0 Å². The van der Waals surface area contributed by atoms with Crippen LogP contribution < -0.4 is 0 Å². The van der Waals surface area contributed by atoms with Gasteiger partial charge in [0.15, 0.2) is 0 Å². The van der Waals surface area contributed by atoms with E-state index in [1.165, 1.54) is 43.8 Å². The summed E-state index contributed by atoms with van der Waals surface area (Å²) in [6.07, 6.45) is 0. The molecular weight excluding hydrogens is 609 g/mol. The molecule has 0 amide bonds. The van der Waals surface area contributed by atoms with Crippen molar-refractivity contribution in [3.05, 3.63) is 170 Å². The fraction of sp³-hybridized carbons (Fsp3) is 0. The van der Waals surface area contributed by atoms with Gasteiger partial charge < -0.3 is 8.83 Å². The van der Waals surface area contributed by atoms with Crippen LogP contribution in [0.2, 0.25) is 0 Å². The molecule has 2 aromatic heterocycles. The predicted octanol–water partition coefficient (Wildman–Crippen LogP) is 13.9. The van der Waals surface area contributed by atoms with E-state index in [1.807, 2.05) is 6.07 Å². The molecule has 2 heterocycles. The fourth-order valence-corrected chi connectivity index (χ4v) is 8.31. The molecular formula is C48H28O2. The Labute approximate surface area is 287 Å². The molecule has 50 heavy (non-hydrogen) atoms. The van der Waals surface area contributed by atoms with Gasteiger partial charge in [0.1, 0.15) is 22.3 Å². The third-order valence-electron chi connectivity index (χ3n) is 10.4. The molecule has 232 valence electrons.